The summed E-state index contributed by atoms with van der Waals surface area (Å²) in [6.45, 7) is 8.91. The molecule has 2 aromatic carbocycles. The average molecular weight is 526 g/mol. The van der Waals surface area contributed by atoms with E-state index in [1.807, 2.05) is 56.3 Å². The molecule has 1 saturated heterocycles. The SMILES string of the molecule is CCn1ccc(-c2cc(-c3cnn(C)c3)cc([C@@H](C)NC(=O)c3cc(N4CC[C@H](N(C)C)C4)ccc3C)c2)n1. The Morgan fingerprint density at radius 1 is 1.13 bits per heavy atom. The average Bonchev–Trinajstić information content (AvgIpc) is 3.69. The maximum atomic E-state index is 13.6. The van der Waals surface area contributed by atoms with E-state index in [-0.39, 0.29) is 11.9 Å². The van der Waals surface area contributed by atoms with Crippen molar-refractivity contribution in [2.24, 2.45) is 7.05 Å². The minimum Gasteiger partial charge on any atom is -0.370 e. The number of nitrogens with zero attached hydrogens (tertiary/aromatic N) is 6. The van der Waals surface area contributed by atoms with Crippen molar-refractivity contribution in [2.45, 2.75) is 45.8 Å². The Morgan fingerprint density at radius 2 is 1.92 bits per heavy atom. The summed E-state index contributed by atoms with van der Waals surface area (Å²) in [5.74, 6) is -0.0613. The maximum Gasteiger partial charge on any atom is 0.252 e. The topological polar surface area (TPSA) is 71.2 Å². The normalized spacial score (nSPS) is 16.2. The molecule has 2 aromatic heterocycles. The zero-order chi connectivity index (χ0) is 27.7. The van der Waals surface area contributed by atoms with E-state index in [4.69, 9.17) is 5.10 Å². The third-order valence-corrected chi connectivity index (χ3v) is 7.83. The summed E-state index contributed by atoms with van der Waals surface area (Å²) >= 11 is 0. The molecular formula is C31H39N7O. The lowest BCUT2D eigenvalue weighted by Crippen LogP contribution is -2.31. The van der Waals surface area contributed by atoms with Crippen molar-refractivity contribution >= 4 is 11.6 Å². The van der Waals surface area contributed by atoms with Crippen molar-refractivity contribution in [3.63, 3.8) is 0 Å². The molecule has 204 valence electrons. The Labute approximate surface area is 231 Å². The Balaban J connectivity index is 1.41. The van der Waals surface area contributed by atoms with Crippen LogP contribution in [0.25, 0.3) is 22.4 Å². The highest BCUT2D eigenvalue weighted by Crippen LogP contribution is 2.31. The van der Waals surface area contributed by atoms with Gasteiger partial charge in [-0.05, 0) is 94.4 Å². The molecule has 2 atom stereocenters. The first kappa shape index (κ1) is 26.7. The largest absolute Gasteiger partial charge is 0.370 e. The first-order valence-corrected chi connectivity index (χ1v) is 13.7. The Kier molecular flexibility index (Phi) is 7.57. The molecule has 1 amide bonds. The van der Waals surface area contributed by atoms with Gasteiger partial charge in [0.05, 0.1) is 17.9 Å². The molecule has 0 bridgehead atoms. The highest BCUT2D eigenvalue weighted by Gasteiger charge is 2.25. The number of benzene rings is 2. The summed E-state index contributed by atoms with van der Waals surface area (Å²) in [4.78, 5) is 18.2. The summed E-state index contributed by atoms with van der Waals surface area (Å²) in [7, 11) is 6.18. The van der Waals surface area contributed by atoms with Crippen molar-refractivity contribution in [3.05, 3.63) is 77.7 Å². The summed E-state index contributed by atoms with van der Waals surface area (Å²) in [6, 6.07) is 15.0. The number of rotatable bonds is 8. The van der Waals surface area contributed by atoms with Crippen LogP contribution in [0.15, 0.2) is 61.1 Å². The second-order valence-corrected chi connectivity index (χ2v) is 10.8. The molecule has 8 heteroatoms. The van der Waals surface area contributed by atoms with E-state index in [0.717, 1.165) is 70.8 Å². The van der Waals surface area contributed by atoms with E-state index >= 15 is 0 Å². The highest BCUT2D eigenvalue weighted by atomic mass is 16.1. The number of nitrogens with one attached hydrogen (secondary N) is 1. The second kappa shape index (κ2) is 11.1. The molecule has 0 unspecified atom stereocenters. The summed E-state index contributed by atoms with van der Waals surface area (Å²) < 4.78 is 3.73. The molecule has 0 saturated carbocycles. The molecule has 1 N–H and O–H groups in total. The number of likely N-dealkylation sites (N-methyl/N-ethyl adjacent to an activating group) is 1. The molecule has 8 nitrogen and oxygen atoms in total. The van der Waals surface area contributed by atoms with Crippen LogP contribution >= 0.6 is 0 Å². The Morgan fingerprint density at radius 3 is 2.59 bits per heavy atom. The van der Waals surface area contributed by atoms with E-state index in [1.54, 1.807) is 4.68 Å². The van der Waals surface area contributed by atoms with Gasteiger partial charge in [0, 0.05) is 67.5 Å². The monoisotopic (exact) mass is 525 g/mol. The van der Waals surface area contributed by atoms with Crippen LogP contribution in [0.2, 0.25) is 0 Å². The smallest absolute Gasteiger partial charge is 0.252 e. The Hall–Kier alpha value is -3.91. The molecular weight excluding hydrogens is 486 g/mol. The van der Waals surface area contributed by atoms with E-state index in [9.17, 15) is 4.79 Å². The lowest BCUT2D eigenvalue weighted by Gasteiger charge is -2.23. The van der Waals surface area contributed by atoms with Gasteiger partial charge in [-0.25, -0.2) is 0 Å². The van der Waals surface area contributed by atoms with E-state index in [2.05, 4.69) is 71.6 Å². The van der Waals surface area contributed by atoms with Crippen LogP contribution in [0.3, 0.4) is 0 Å². The van der Waals surface area contributed by atoms with Gasteiger partial charge in [0.25, 0.3) is 5.91 Å². The Bertz CT molecular complexity index is 1470. The minimum atomic E-state index is -0.200. The molecule has 1 fully saturated rings. The third kappa shape index (κ3) is 5.76. The highest BCUT2D eigenvalue weighted by molar-refractivity contribution is 5.97. The van der Waals surface area contributed by atoms with Crippen molar-refractivity contribution in [1.29, 1.82) is 0 Å². The number of amides is 1. The standard InChI is InChI=1S/C31H39N7O/c1-7-38-13-11-30(34-38)25-15-23(14-24(16-25)26-18-32-36(6)19-26)22(3)33-31(39)29-17-27(9-8-21(29)2)37-12-10-28(20-37)35(4)5/h8-9,11,13-19,22,28H,7,10,12,20H2,1-6H3,(H,33,39)/t22-,28+/m1/s1. The lowest BCUT2D eigenvalue weighted by atomic mass is 9.96. The number of hydrogen-bond donors (Lipinski definition) is 1. The first-order valence-electron chi connectivity index (χ1n) is 13.7. The number of aryl methyl sites for hydroxylation is 3. The molecule has 39 heavy (non-hydrogen) atoms. The summed E-state index contributed by atoms with van der Waals surface area (Å²) in [6.07, 6.45) is 7.00. The fourth-order valence-corrected chi connectivity index (χ4v) is 5.29. The van der Waals surface area contributed by atoms with Crippen LogP contribution in [0, 0.1) is 6.92 Å². The minimum absolute atomic E-state index is 0.0613. The maximum absolute atomic E-state index is 13.6. The zero-order valence-electron chi connectivity index (χ0n) is 23.8. The van der Waals surface area contributed by atoms with Crippen LogP contribution in [0.1, 0.15) is 47.8 Å². The van der Waals surface area contributed by atoms with E-state index in [0.29, 0.717) is 6.04 Å². The number of aromatic nitrogens is 4. The van der Waals surface area contributed by atoms with Crippen molar-refractivity contribution in [2.75, 3.05) is 32.1 Å². The lowest BCUT2D eigenvalue weighted by molar-refractivity contribution is 0.0939. The van der Waals surface area contributed by atoms with Gasteiger partial charge in [-0.3, -0.25) is 14.2 Å². The second-order valence-electron chi connectivity index (χ2n) is 10.8. The van der Waals surface area contributed by atoms with Crippen molar-refractivity contribution in [1.82, 2.24) is 29.8 Å². The molecule has 0 spiro atoms. The molecule has 4 aromatic rings. The van der Waals surface area contributed by atoms with Crippen LogP contribution in [-0.2, 0) is 13.6 Å². The molecule has 1 aliphatic heterocycles. The zero-order valence-corrected chi connectivity index (χ0v) is 23.8. The van der Waals surface area contributed by atoms with Gasteiger partial charge in [-0.1, -0.05) is 6.07 Å². The van der Waals surface area contributed by atoms with Gasteiger partial charge in [-0.15, -0.1) is 0 Å². The number of hydrogen-bond acceptors (Lipinski definition) is 5. The fraction of sp³-hybridized carbons (Fsp3) is 0.387. The van der Waals surface area contributed by atoms with E-state index in [1.165, 1.54) is 0 Å². The van der Waals surface area contributed by atoms with Crippen LogP contribution in [-0.4, -0.2) is 63.6 Å². The van der Waals surface area contributed by atoms with Gasteiger partial charge in [0.15, 0.2) is 0 Å². The van der Waals surface area contributed by atoms with Gasteiger partial charge in [0.1, 0.15) is 0 Å². The number of carbonyl (C=O) groups excluding carboxylic acids is 1. The summed E-state index contributed by atoms with van der Waals surface area (Å²) in [5, 5.41) is 12.3. The molecule has 0 aliphatic carbocycles. The predicted octanol–water partition coefficient (Wildman–Crippen LogP) is 4.91. The first-order chi connectivity index (χ1) is 18.7. The number of anilines is 1. The summed E-state index contributed by atoms with van der Waals surface area (Å²) in [5.41, 5.74) is 7.82. The third-order valence-electron chi connectivity index (χ3n) is 7.83. The quantitative estimate of drug-likeness (QED) is 0.354. The molecule has 0 radical (unpaired) electrons. The predicted molar refractivity (Wildman–Crippen MR) is 157 cm³/mol. The molecule has 5 rings (SSSR count). The molecule has 3 heterocycles. The van der Waals surface area contributed by atoms with Gasteiger partial charge in [0.2, 0.25) is 0 Å². The van der Waals surface area contributed by atoms with Crippen molar-refractivity contribution < 1.29 is 4.79 Å². The van der Waals surface area contributed by atoms with Gasteiger partial charge < -0.3 is 15.1 Å². The van der Waals surface area contributed by atoms with Crippen LogP contribution in [0.5, 0.6) is 0 Å². The van der Waals surface area contributed by atoms with E-state index < -0.39 is 0 Å². The van der Waals surface area contributed by atoms with Crippen molar-refractivity contribution in [3.8, 4) is 22.4 Å². The van der Waals surface area contributed by atoms with Crippen LogP contribution in [0.4, 0.5) is 5.69 Å². The van der Waals surface area contributed by atoms with Crippen LogP contribution < -0.4 is 10.2 Å². The van der Waals surface area contributed by atoms with Gasteiger partial charge >= 0.3 is 0 Å². The fourth-order valence-electron chi connectivity index (χ4n) is 5.29. The number of carbonyl (C=O) groups is 1. The van der Waals surface area contributed by atoms with Gasteiger partial charge in [-0.2, -0.15) is 10.2 Å². The molecule has 1 aliphatic rings.